The van der Waals surface area contributed by atoms with Gasteiger partial charge in [-0.3, -0.25) is 4.99 Å². The molecule has 0 saturated carbocycles. The molecular weight excluding hydrogens is 354 g/mol. The highest BCUT2D eigenvalue weighted by Crippen LogP contribution is 2.32. The van der Waals surface area contributed by atoms with E-state index >= 15 is 0 Å². The maximum Gasteiger partial charge on any atom is 0.163 e. The minimum Gasteiger partial charge on any atom is -0.487 e. The molecule has 0 unspecified atom stereocenters. The highest BCUT2D eigenvalue weighted by molar-refractivity contribution is 7.08. The summed E-state index contributed by atoms with van der Waals surface area (Å²) in [6.45, 7) is 4.06. The lowest BCUT2D eigenvalue weighted by Gasteiger charge is -2.13. The molecule has 0 spiro atoms. The Bertz CT molecular complexity index is 675. The number of hydrogen-bond donors (Lipinski definition) is 0. The van der Waals surface area contributed by atoms with Crippen LogP contribution >= 0.6 is 11.3 Å². The van der Waals surface area contributed by atoms with Gasteiger partial charge in [-0.2, -0.15) is 11.3 Å². The molecule has 140 valence electrons. The number of hydrogen-bond acceptors (Lipinski definition) is 7. The Kier molecular flexibility index (Phi) is 7.92. The summed E-state index contributed by atoms with van der Waals surface area (Å²) in [5.74, 6) is 1.33. The first-order valence-corrected chi connectivity index (χ1v) is 9.55. The summed E-state index contributed by atoms with van der Waals surface area (Å²) < 4.78 is 28.0. The molecule has 1 aromatic heterocycles. The molecule has 0 amide bonds. The first-order chi connectivity index (χ1) is 12.9. The van der Waals surface area contributed by atoms with Crippen molar-refractivity contribution >= 4 is 23.2 Å². The van der Waals surface area contributed by atoms with Crippen molar-refractivity contribution < 1.29 is 23.7 Å². The first kappa shape index (κ1) is 18.8. The number of rotatable bonds is 2. The van der Waals surface area contributed by atoms with Crippen LogP contribution in [0.15, 0.2) is 40.0 Å². The van der Waals surface area contributed by atoms with Crippen molar-refractivity contribution in [2.75, 3.05) is 52.9 Å². The van der Waals surface area contributed by atoms with Gasteiger partial charge in [0.05, 0.1) is 45.3 Å². The SMILES string of the molecule is C(=Nc1ccc2c(c1)OCCOCCOCCOCCO2)c1ccsc1. The largest absolute Gasteiger partial charge is 0.487 e. The molecule has 2 heterocycles. The van der Waals surface area contributed by atoms with Gasteiger partial charge in [0.15, 0.2) is 11.5 Å². The van der Waals surface area contributed by atoms with Gasteiger partial charge >= 0.3 is 0 Å². The lowest BCUT2D eigenvalue weighted by Crippen LogP contribution is -2.13. The van der Waals surface area contributed by atoms with Gasteiger partial charge in [-0.25, -0.2) is 0 Å². The molecule has 0 atom stereocenters. The van der Waals surface area contributed by atoms with Crippen LogP contribution in [0.4, 0.5) is 5.69 Å². The van der Waals surface area contributed by atoms with Crippen LogP contribution in [-0.2, 0) is 14.2 Å². The molecule has 0 fully saturated rings. The molecule has 0 saturated heterocycles. The maximum atomic E-state index is 5.84. The second kappa shape index (κ2) is 10.9. The average Bonchev–Trinajstić information content (AvgIpc) is 3.17. The molecule has 1 aromatic carbocycles. The molecule has 2 aromatic rings. The molecule has 1 aliphatic heterocycles. The zero-order chi connectivity index (χ0) is 17.9. The summed E-state index contributed by atoms with van der Waals surface area (Å²) in [6.07, 6.45) is 1.84. The molecule has 0 bridgehead atoms. The molecule has 0 aliphatic carbocycles. The van der Waals surface area contributed by atoms with E-state index < -0.39 is 0 Å². The highest BCUT2D eigenvalue weighted by atomic mass is 32.1. The Morgan fingerprint density at radius 1 is 0.769 bits per heavy atom. The van der Waals surface area contributed by atoms with Crippen LogP contribution in [0, 0.1) is 0 Å². The van der Waals surface area contributed by atoms with Crippen molar-refractivity contribution in [3.63, 3.8) is 0 Å². The quantitative estimate of drug-likeness (QED) is 0.752. The average molecular weight is 377 g/mol. The number of ether oxygens (including phenoxy) is 5. The third-order valence-corrected chi connectivity index (χ3v) is 4.25. The number of benzene rings is 1. The maximum absolute atomic E-state index is 5.84. The normalized spacial score (nSPS) is 17.5. The van der Waals surface area contributed by atoms with Crippen molar-refractivity contribution in [2.24, 2.45) is 4.99 Å². The Morgan fingerprint density at radius 3 is 2.08 bits per heavy atom. The smallest absolute Gasteiger partial charge is 0.163 e. The van der Waals surface area contributed by atoms with Gasteiger partial charge in [-0.05, 0) is 29.0 Å². The monoisotopic (exact) mass is 377 g/mol. The second-order valence-corrected chi connectivity index (χ2v) is 6.26. The van der Waals surface area contributed by atoms with E-state index in [9.17, 15) is 0 Å². The van der Waals surface area contributed by atoms with Crippen LogP contribution in [0.5, 0.6) is 11.5 Å². The van der Waals surface area contributed by atoms with Crippen molar-refractivity contribution in [3.8, 4) is 11.5 Å². The standard InChI is InChI=1S/C19H23NO5S/c1-2-18-19(13-17(1)20-14-16-3-12-26-15-16)25-11-9-23-7-5-21-4-6-22-8-10-24-18/h1-3,12-15H,4-11H2. The number of nitrogens with zero attached hydrogens (tertiary/aromatic N) is 1. The van der Waals surface area contributed by atoms with E-state index in [-0.39, 0.29) is 0 Å². The van der Waals surface area contributed by atoms with E-state index in [1.165, 1.54) is 0 Å². The lowest BCUT2D eigenvalue weighted by molar-refractivity contribution is 0.00708. The summed E-state index contributed by atoms with van der Waals surface area (Å²) >= 11 is 1.64. The van der Waals surface area contributed by atoms with Gasteiger partial charge in [0, 0.05) is 17.8 Å². The predicted molar refractivity (Wildman–Crippen MR) is 101 cm³/mol. The van der Waals surface area contributed by atoms with Gasteiger partial charge in [0.2, 0.25) is 0 Å². The van der Waals surface area contributed by atoms with E-state index in [1.807, 2.05) is 41.2 Å². The van der Waals surface area contributed by atoms with Gasteiger partial charge in [0.1, 0.15) is 13.2 Å². The van der Waals surface area contributed by atoms with E-state index in [0.29, 0.717) is 64.4 Å². The summed E-state index contributed by atoms with van der Waals surface area (Å²) in [6, 6.07) is 7.68. The predicted octanol–water partition coefficient (Wildman–Crippen LogP) is 3.32. The molecule has 26 heavy (non-hydrogen) atoms. The molecule has 7 heteroatoms. The summed E-state index contributed by atoms with van der Waals surface area (Å²) in [4.78, 5) is 4.50. The summed E-state index contributed by atoms with van der Waals surface area (Å²) in [5.41, 5.74) is 1.89. The summed E-state index contributed by atoms with van der Waals surface area (Å²) in [5, 5.41) is 4.07. The second-order valence-electron chi connectivity index (χ2n) is 5.48. The number of fused-ring (bicyclic) bond motifs is 1. The minimum absolute atomic E-state index is 0.435. The zero-order valence-corrected chi connectivity index (χ0v) is 15.4. The van der Waals surface area contributed by atoms with Crippen molar-refractivity contribution in [3.05, 3.63) is 40.6 Å². The number of aliphatic imine (C=N–C) groups is 1. The Hall–Kier alpha value is -1.93. The molecule has 1 aliphatic rings. The minimum atomic E-state index is 0.435. The van der Waals surface area contributed by atoms with Gasteiger partial charge in [-0.15, -0.1) is 0 Å². The fraction of sp³-hybridized carbons (Fsp3) is 0.421. The third kappa shape index (κ3) is 6.42. The van der Waals surface area contributed by atoms with Gasteiger partial charge in [-0.1, -0.05) is 0 Å². The molecule has 3 rings (SSSR count). The lowest BCUT2D eigenvalue weighted by atomic mass is 10.2. The Balaban J connectivity index is 1.66. The fourth-order valence-electron chi connectivity index (χ4n) is 2.27. The van der Waals surface area contributed by atoms with Crippen LogP contribution in [0.3, 0.4) is 0 Å². The van der Waals surface area contributed by atoms with Gasteiger partial charge < -0.3 is 23.7 Å². The first-order valence-electron chi connectivity index (χ1n) is 8.61. The van der Waals surface area contributed by atoms with Crippen molar-refractivity contribution in [2.45, 2.75) is 0 Å². The van der Waals surface area contributed by atoms with E-state index in [2.05, 4.69) is 4.99 Å². The van der Waals surface area contributed by atoms with Crippen LogP contribution in [0.2, 0.25) is 0 Å². The zero-order valence-electron chi connectivity index (χ0n) is 14.6. The van der Waals surface area contributed by atoms with Crippen molar-refractivity contribution in [1.29, 1.82) is 0 Å². The Labute approximate surface area is 157 Å². The molecule has 0 N–H and O–H groups in total. The van der Waals surface area contributed by atoms with Gasteiger partial charge in [0.25, 0.3) is 0 Å². The third-order valence-electron chi connectivity index (χ3n) is 3.55. The highest BCUT2D eigenvalue weighted by Gasteiger charge is 2.08. The van der Waals surface area contributed by atoms with Crippen LogP contribution in [0.25, 0.3) is 0 Å². The number of thiophene rings is 1. The van der Waals surface area contributed by atoms with E-state index in [0.717, 1.165) is 11.3 Å². The molecule has 0 radical (unpaired) electrons. The van der Waals surface area contributed by atoms with E-state index in [1.54, 1.807) is 11.3 Å². The van der Waals surface area contributed by atoms with E-state index in [4.69, 9.17) is 23.7 Å². The molecular formula is C19H23NO5S. The fourth-order valence-corrected chi connectivity index (χ4v) is 2.88. The molecule has 6 nitrogen and oxygen atoms in total. The van der Waals surface area contributed by atoms with Crippen molar-refractivity contribution in [1.82, 2.24) is 0 Å². The topological polar surface area (TPSA) is 58.5 Å². The van der Waals surface area contributed by atoms with Crippen LogP contribution < -0.4 is 9.47 Å². The Morgan fingerprint density at radius 2 is 1.42 bits per heavy atom. The van der Waals surface area contributed by atoms with Crippen LogP contribution in [0.1, 0.15) is 5.56 Å². The van der Waals surface area contributed by atoms with Crippen LogP contribution in [-0.4, -0.2) is 59.1 Å². The summed E-state index contributed by atoms with van der Waals surface area (Å²) in [7, 11) is 0.